The zero-order valence-electron chi connectivity index (χ0n) is 9.46. The van der Waals surface area contributed by atoms with Gasteiger partial charge in [-0.25, -0.2) is 4.98 Å². The molecule has 1 heterocycles. The topological polar surface area (TPSA) is 44.2 Å². The molecule has 0 amide bonds. The third-order valence-corrected chi connectivity index (χ3v) is 2.62. The maximum atomic E-state index is 5.84. The molecule has 16 heavy (non-hydrogen) atoms. The molecular formula is C10H14Cl2N2O2. The molecule has 1 aromatic heterocycles. The Bertz CT molecular complexity index is 359. The van der Waals surface area contributed by atoms with Crippen molar-refractivity contribution in [3.8, 4) is 5.88 Å². The molecule has 0 aromatic carbocycles. The normalized spacial score (nSPS) is 11.6. The van der Waals surface area contributed by atoms with Crippen molar-refractivity contribution in [3.63, 3.8) is 0 Å². The molecule has 90 valence electrons. The smallest absolute Gasteiger partial charge is 0.237 e. The van der Waals surface area contributed by atoms with Gasteiger partial charge in [-0.1, -0.05) is 11.6 Å². The lowest BCUT2D eigenvalue weighted by molar-refractivity contribution is 0.00508. The van der Waals surface area contributed by atoms with Crippen LogP contribution in [0.4, 0.5) is 0 Å². The Balaban J connectivity index is 2.52. The van der Waals surface area contributed by atoms with Crippen molar-refractivity contribution in [2.45, 2.75) is 25.9 Å². The molecule has 0 unspecified atom stereocenters. The Labute approximate surface area is 105 Å². The van der Waals surface area contributed by atoms with Gasteiger partial charge in [0.2, 0.25) is 11.2 Å². The van der Waals surface area contributed by atoms with Gasteiger partial charge in [-0.2, -0.15) is 4.98 Å². The van der Waals surface area contributed by atoms with E-state index in [1.807, 2.05) is 13.8 Å². The fourth-order valence-corrected chi connectivity index (χ4v) is 1.20. The highest BCUT2D eigenvalue weighted by Gasteiger charge is 2.16. The van der Waals surface area contributed by atoms with Crippen LogP contribution in [0, 0.1) is 0 Å². The Morgan fingerprint density at radius 2 is 2.06 bits per heavy atom. The van der Waals surface area contributed by atoms with Gasteiger partial charge < -0.3 is 9.47 Å². The van der Waals surface area contributed by atoms with E-state index in [0.29, 0.717) is 17.5 Å². The first-order chi connectivity index (χ1) is 7.44. The van der Waals surface area contributed by atoms with Crippen molar-refractivity contribution in [3.05, 3.63) is 16.5 Å². The summed E-state index contributed by atoms with van der Waals surface area (Å²) < 4.78 is 10.7. The van der Waals surface area contributed by atoms with Crippen molar-refractivity contribution in [1.82, 2.24) is 9.97 Å². The molecule has 6 heteroatoms. The monoisotopic (exact) mass is 264 g/mol. The van der Waals surface area contributed by atoms with Gasteiger partial charge in [-0.05, 0) is 25.4 Å². The van der Waals surface area contributed by atoms with Crippen molar-refractivity contribution >= 4 is 23.2 Å². The quantitative estimate of drug-likeness (QED) is 0.768. The third kappa shape index (κ3) is 4.12. The number of aromatic nitrogens is 2. The first-order valence-electron chi connectivity index (χ1n) is 4.80. The molecule has 0 radical (unpaired) electrons. The standard InChI is InChI=1S/C10H14Cl2N2O2/c1-10(2,15-3)4-5-16-8-7(11)6-13-9(12)14-8/h6H,4-5H2,1-3H3. The van der Waals surface area contributed by atoms with Crippen molar-refractivity contribution < 1.29 is 9.47 Å². The molecule has 0 aliphatic heterocycles. The lowest BCUT2D eigenvalue weighted by atomic mass is 10.1. The van der Waals surface area contributed by atoms with E-state index in [9.17, 15) is 0 Å². The summed E-state index contributed by atoms with van der Waals surface area (Å²) >= 11 is 11.5. The number of hydrogen-bond donors (Lipinski definition) is 0. The summed E-state index contributed by atoms with van der Waals surface area (Å²) in [7, 11) is 1.66. The molecule has 0 saturated carbocycles. The maximum Gasteiger partial charge on any atom is 0.237 e. The van der Waals surface area contributed by atoms with Crippen LogP contribution >= 0.6 is 23.2 Å². The zero-order valence-corrected chi connectivity index (χ0v) is 11.0. The van der Waals surface area contributed by atoms with E-state index < -0.39 is 0 Å². The second-order valence-electron chi connectivity index (χ2n) is 3.85. The minimum atomic E-state index is -0.233. The second kappa shape index (κ2) is 5.66. The Kier molecular flexibility index (Phi) is 4.77. The molecule has 0 N–H and O–H groups in total. The Hall–Kier alpha value is -0.580. The molecule has 0 saturated heterocycles. The van der Waals surface area contributed by atoms with Gasteiger partial charge in [0.05, 0.1) is 18.4 Å². The SMILES string of the molecule is COC(C)(C)CCOc1nc(Cl)ncc1Cl. The number of halogens is 2. The van der Waals surface area contributed by atoms with Gasteiger partial charge in [-0.3, -0.25) is 0 Å². The first-order valence-corrected chi connectivity index (χ1v) is 5.56. The Morgan fingerprint density at radius 3 is 2.69 bits per heavy atom. The number of nitrogens with zero attached hydrogens (tertiary/aromatic N) is 2. The molecule has 0 fully saturated rings. The summed E-state index contributed by atoms with van der Waals surface area (Å²) in [6.45, 7) is 4.41. The fraction of sp³-hybridized carbons (Fsp3) is 0.600. The number of hydrogen-bond acceptors (Lipinski definition) is 4. The van der Waals surface area contributed by atoms with Gasteiger partial charge in [0.1, 0.15) is 5.02 Å². The molecule has 0 aliphatic carbocycles. The minimum absolute atomic E-state index is 0.116. The lowest BCUT2D eigenvalue weighted by Gasteiger charge is -2.22. The van der Waals surface area contributed by atoms with Crippen LogP contribution in [0.5, 0.6) is 5.88 Å². The predicted octanol–water partition coefficient (Wildman–Crippen LogP) is 2.98. The van der Waals surface area contributed by atoms with E-state index in [0.717, 1.165) is 6.42 Å². The van der Waals surface area contributed by atoms with Crippen LogP contribution in [0.2, 0.25) is 10.3 Å². The van der Waals surface area contributed by atoms with E-state index in [2.05, 4.69) is 9.97 Å². The maximum absolute atomic E-state index is 5.84. The highest BCUT2D eigenvalue weighted by Crippen LogP contribution is 2.22. The van der Waals surface area contributed by atoms with Crippen LogP contribution in [-0.4, -0.2) is 29.3 Å². The molecule has 0 bridgehead atoms. The van der Waals surface area contributed by atoms with Gasteiger partial charge in [0, 0.05) is 13.5 Å². The fourth-order valence-electron chi connectivity index (χ4n) is 0.928. The van der Waals surface area contributed by atoms with Crippen LogP contribution in [-0.2, 0) is 4.74 Å². The summed E-state index contributed by atoms with van der Waals surface area (Å²) in [6.07, 6.45) is 2.13. The van der Waals surface area contributed by atoms with Gasteiger partial charge >= 0.3 is 0 Å². The molecule has 4 nitrogen and oxygen atoms in total. The summed E-state index contributed by atoms with van der Waals surface area (Å²) in [5, 5.41) is 0.463. The van der Waals surface area contributed by atoms with Crippen LogP contribution in [0.3, 0.4) is 0 Å². The van der Waals surface area contributed by atoms with Gasteiger partial charge in [0.25, 0.3) is 0 Å². The summed E-state index contributed by atoms with van der Waals surface area (Å²) in [6, 6.07) is 0. The molecule has 0 spiro atoms. The lowest BCUT2D eigenvalue weighted by Crippen LogP contribution is -2.25. The summed E-state index contributed by atoms with van der Waals surface area (Å²) in [5.41, 5.74) is -0.233. The molecule has 0 aliphatic rings. The zero-order chi connectivity index (χ0) is 12.2. The molecule has 0 atom stereocenters. The van der Waals surface area contributed by atoms with E-state index in [-0.39, 0.29) is 10.9 Å². The predicted molar refractivity (Wildman–Crippen MR) is 63.3 cm³/mol. The van der Waals surface area contributed by atoms with Crippen LogP contribution in [0.15, 0.2) is 6.20 Å². The van der Waals surface area contributed by atoms with Crippen molar-refractivity contribution in [2.75, 3.05) is 13.7 Å². The first kappa shape index (κ1) is 13.5. The second-order valence-corrected chi connectivity index (χ2v) is 4.60. The highest BCUT2D eigenvalue weighted by molar-refractivity contribution is 6.32. The average molecular weight is 265 g/mol. The summed E-state index contributed by atoms with van der Waals surface area (Å²) in [4.78, 5) is 7.61. The summed E-state index contributed by atoms with van der Waals surface area (Å²) in [5.74, 6) is 0.300. The van der Waals surface area contributed by atoms with Gasteiger partial charge in [0.15, 0.2) is 0 Å². The number of methoxy groups -OCH3 is 1. The molecule has 1 rings (SSSR count). The van der Waals surface area contributed by atoms with Crippen LogP contribution < -0.4 is 4.74 Å². The van der Waals surface area contributed by atoms with Crippen molar-refractivity contribution in [2.24, 2.45) is 0 Å². The molecular weight excluding hydrogens is 251 g/mol. The minimum Gasteiger partial charge on any atom is -0.476 e. The van der Waals surface area contributed by atoms with Gasteiger partial charge in [-0.15, -0.1) is 0 Å². The van der Waals surface area contributed by atoms with E-state index in [1.165, 1.54) is 6.20 Å². The average Bonchev–Trinajstić information content (AvgIpc) is 2.23. The van der Waals surface area contributed by atoms with E-state index >= 15 is 0 Å². The molecule has 1 aromatic rings. The van der Waals surface area contributed by atoms with Crippen LogP contribution in [0.25, 0.3) is 0 Å². The number of ether oxygens (including phenoxy) is 2. The van der Waals surface area contributed by atoms with Crippen LogP contribution in [0.1, 0.15) is 20.3 Å². The largest absolute Gasteiger partial charge is 0.476 e. The van der Waals surface area contributed by atoms with E-state index in [4.69, 9.17) is 32.7 Å². The van der Waals surface area contributed by atoms with E-state index in [1.54, 1.807) is 7.11 Å². The Morgan fingerprint density at radius 1 is 1.38 bits per heavy atom. The number of rotatable bonds is 5. The van der Waals surface area contributed by atoms with Crippen molar-refractivity contribution in [1.29, 1.82) is 0 Å². The third-order valence-electron chi connectivity index (χ3n) is 2.18. The highest BCUT2D eigenvalue weighted by atomic mass is 35.5.